The monoisotopic (exact) mass is 272 g/mol. The smallest absolute Gasteiger partial charge is 0.250 e. The number of amides is 2. The van der Waals surface area contributed by atoms with Gasteiger partial charge in [0.05, 0.1) is 0 Å². The van der Waals surface area contributed by atoms with Crippen molar-refractivity contribution in [2.45, 2.75) is 19.5 Å². The molecule has 0 unspecified atom stereocenters. The zero-order valence-corrected chi connectivity index (χ0v) is 11.1. The lowest BCUT2D eigenvalue weighted by Crippen LogP contribution is -2.39. The first-order chi connectivity index (χ1) is 9.66. The molecule has 1 heterocycles. The number of carbonyl (C=O) groups excluding carboxylic acids is 2. The van der Waals surface area contributed by atoms with Crippen LogP contribution in [-0.2, 0) is 16.1 Å². The Balaban J connectivity index is 2.02. The summed E-state index contributed by atoms with van der Waals surface area (Å²) in [6, 6.07) is 8.74. The number of H-pyrrole nitrogens is 1. The molecule has 6 heteroatoms. The van der Waals surface area contributed by atoms with Gasteiger partial charge in [-0.25, -0.2) is 4.98 Å². The Morgan fingerprint density at radius 2 is 2.05 bits per heavy atom. The Bertz CT molecular complexity index is 566. The number of nitrogens with zero attached hydrogens (tertiary/aromatic N) is 1. The molecule has 2 rings (SSSR count). The number of imidazole rings is 1. The lowest BCUT2D eigenvalue weighted by atomic mass is 10.2. The number of hydrogen-bond donors (Lipinski definition) is 3. The van der Waals surface area contributed by atoms with Crippen LogP contribution in [0.3, 0.4) is 0 Å². The summed E-state index contributed by atoms with van der Waals surface area (Å²) in [5, 5.41) is 5.35. The second-order valence-corrected chi connectivity index (χ2v) is 4.31. The molecule has 0 radical (unpaired) electrons. The van der Waals surface area contributed by atoms with E-state index in [9.17, 15) is 9.59 Å². The van der Waals surface area contributed by atoms with Crippen molar-refractivity contribution in [1.82, 2.24) is 20.6 Å². The average Bonchev–Trinajstić information content (AvgIpc) is 2.97. The van der Waals surface area contributed by atoms with E-state index in [0.29, 0.717) is 12.4 Å². The van der Waals surface area contributed by atoms with E-state index in [0.717, 1.165) is 5.56 Å². The number of aromatic amines is 1. The Labute approximate surface area is 116 Å². The molecule has 0 spiro atoms. The van der Waals surface area contributed by atoms with Gasteiger partial charge < -0.3 is 15.6 Å². The van der Waals surface area contributed by atoms with Crippen LogP contribution in [0.4, 0.5) is 0 Å². The predicted molar refractivity (Wildman–Crippen MR) is 73.4 cm³/mol. The third-order valence-electron chi connectivity index (χ3n) is 2.71. The predicted octanol–water partition coefficient (Wildman–Crippen LogP) is 0.903. The van der Waals surface area contributed by atoms with E-state index in [2.05, 4.69) is 20.6 Å². The molecule has 104 valence electrons. The normalized spacial score (nSPS) is 11.7. The van der Waals surface area contributed by atoms with Crippen molar-refractivity contribution >= 4 is 11.8 Å². The molecule has 0 aliphatic carbocycles. The number of nitrogens with one attached hydrogen (secondary N) is 3. The first kappa shape index (κ1) is 13.8. The van der Waals surface area contributed by atoms with Crippen LogP contribution in [-0.4, -0.2) is 21.8 Å². The lowest BCUT2D eigenvalue weighted by molar-refractivity contribution is -0.128. The van der Waals surface area contributed by atoms with Crippen LogP contribution in [0.1, 0.15) is 24.4 Å². The summed E-state index contributed by atoms with van der Waals surface area (Å²) in [7, 11) is 0. The molecule has 2 aromatic rings. The van der Waals surface area contributed by atoms with Crippen molar-refractivity contribution in [1.29, 1.82) is 0 Å². The zero-order chi connectivity index (χ0) is 14.4. The van der Waals surface area contributed by atoms with Crippen LogP contribution in [0.15, 0.2) is 42.7 Å². The Kier molecular flexibility index (Phi) is 4.49. The largest absolute Gasteiger partial charge is 0.350 e. The second-order valence-electron chi connectivity index (χ2n) is 4.31. The third kappa shape index (κ3) is 3.68. The van der Waals surface area contributed by atoms with Crippen molar-refractivity contribution in [2.24, 2.45) is 0 Å². The molecule has 20 heavy (non-hydrogen) atoms. The number of aromatic nitrogens is 2. The summed E-state index contributed by atoms with van der Waals surface area (Å²) in [6.07, 6.45) is 3.14. The first-order valence-corrected chi connectivity index (χ1v) is 6.25. The van der Waals surface area contributed by atoms with Gasteiger partial charge in [-0.05, 0) is 5.56 Å². The first-order valence-electron chi connectivity index (χ1n) is 6.25. The molecule has 0 bridgehead atoms. The molecule has 2 amide bonds. The minimum atomic E-state index is -0.814. The quantitative estimate of drug-likeness (QED) is 0.756. The van der Waals surface area contributed by atoms with E-state index >= 15 is 0 Å². The highest BCUT2D eigenvalue weighted by Crippen LogP contribution is 2.08. The van der Waals surface area contributed by atoms with Gasteiger partial charge in [-0.15, -0.1) is 0 Å². The molecule has 0 saturated heterocycles. The van der Waals surface area contributed by atoms with E-state index in [1.165, 1.54) is 13.1 Å². The van der Waals surface area contributed by atoms with E-state index in [1.807, 2.05) is 30.3 Å². The highest BCUT2D eigenvalue weighted by molar-refractivity contribution is 5.87. The van der Waals surface area contributed by atoms with Gasteiger partial charge in [0.15, 0.2) is 6.04 Å². The molecule has 6 nitrogen and oxygen atoms in total. The van der Waals surface area contributed by atoms with Crippen molar-refractivity contribution in [2.75, 3.05) is 0 Å². The maximum absolute atomic E-state index is 12.2. The van der Waals surface area contributed by atoms with E-state index in [-0.39, 0.29) is 11.8 Å². The van der Waals surface area contributed by atoms with Gasteiger partial charge in [0.2, 0.25) is 5.91 Å². The van der Waals surface area contributed by atoms with E-state index < -0.39 is 6.04 Å². The molecule has 3 N–H and O–H groups in total. The number of hydrogen-bond acceptors (Lipinski definition) is 3. The third-order valence-corrected chi connectivity index (χ3v) is 2.71. The SMILES string of the molecule is CC(=O)N[C@H](C(=O)NCc1ccccc1)c1ncc[nH]1. The molecule has 0 fully saturated rings. The summed E-state index contributed by atoms with van der Waals surface area (Å²) in [5.41, 5.74) is 0.988. The molecule has 0 aliphatic rings. The fourth-order valence-corrected chi connectivity index (χ4v) is 1.78. The van der Waals surface area contributed by atoms with Gasteiger partial charge in [-0.2, -0.15) is 0 Å². The minimum absolute atomic E-state index is 0.290. The van der Waals surface area contributed by atoms with Crippen LogP contribution in [0.5, 0.6) is 0 Å². The van der Waals surface area contributed by atoms with Crippen LogP contribution in [0, 0.1) is 0 Å². The van der Waals surface area contributed by atoms with Crippen molar-refractivity contribution in [3.63, 3.8) is 0 Å². The molecule has 0 saturated carbocycles. The van der Waals surface area contributed by atoms with Gasteiger partial charge in [0.25, 0.3) is 5.91 Å². The minimum Gasteiger partial charge on any atom is -0.350 e. The summed E-state index contributed by atoms with van der Waals surface area (Å²) in [6.45, 7) is 1.76. The molecule has 1 aromatic carbocycles. The maximum atomic E-state index is 12.2. The highest BCUT2D eigenvalue weighted by atomic mass is 16.2. The fourth-order valence-electron chi connectivity index (χ4n) is 1.78. The van der Waals surface area contributed by atoms with Crippen LogP contribution in [0.25, 0.3) is 0 Å². The molecule has 1 aromatic heterocycles. The highest BCUT2D eigenvalue weighted by Gasteiger charge is 2.23. The van der Waals surface area contributed by atoms with Gasteiger partial charge in [-0.3, -0.25) is 9.59 Å². The number of benzene rings is 1. The van der Waals surface area contributed by atoms with Crippen molar-refractivity contribution < 1.29 is 9.59 Å². The molecule has 1 atom stereocenters. The fraction of sp³-hybridized carbons (Fsp3) is 0.214. The summed E-state index contributed by atoms with van der Waals surface area (Å²) >= 11 is 0. The maximum Gasteiger partial charge on any atom is 0.250 e. The standard InChI is InChI=1S/C14H16N4O2/c1-10(19)18-12(13-15-7-8-16-13)14(20)17-9-11-5-3-2-4-6-11/h2-8,12H,9H2,1H3,(H,15,16)(H,17,20)(H,18,19)/t12-/m0/s1. The Morgan fingerprint density at radius 1 is 1.30 bits per heavy atom. The lowest BCUT2D eigenvalue weighted by Gasteiger charge is -2.15. The molecular weight excluding hydrogens is 256 g/mol. The Hall–Kier alpha value is -2.63. The topological polar surface area (TPSA) is 86.9 Å². The van der Waals surface area contributed by atoms with Crippen LogP contribution >= 0.6 is 0 Å². The van der Waals surface area contributed by atoms with E-state index in [4.69, 9.17) is 0 Å². The summed E-state index contributed by atoms with van der Waals surface area (Å²) < 4.78 is 0. The van der Waals surface area contributed by atoms with E-state index in [1.54, 1.807) is 6.20 Å². The number of rotatable bonds is 5. The zero-order valence-electron chi connectivity index (χ0n) is 11.1. The number of carbonyl (C=O) groups is 2. The molecule has 0 aliphatic heterocycles. The van der Waals surface area contributed by atoms with Gasteiger partial charge >= 0.3 is 0 Å². The van der Waals surface area contributed by atoms with Crippen molar-refractivity contribution in [3.8, 4) is 0 Å². The second kappa shape index (κ2) is 6.51. The summed E-state index contributed by atoms with van der Waals surface area (Å²) in [5.74, 6) is -0.189. The Morgan fingerprint density at radius 3 is 2.65 bits per heavy atom. The molecular formula is C14H16N4O2. The average molecular weight is 272 g/mol. The van der Waals surface area contributed by atoms with Crippen LogP contribution in [0.2, 0.25) is 0 Å². The van der Waals surface area contributed by atoms with Gasteiger partial charge in [0, 0.05) is 25.9 Å². The van der Waals surface area contributed by atoms with Gasteiger partial charge in [-0.1, -0.05) is 30.3 Å². The summed E-state index contributed by atoms with van der Waals surface area (Å²) in [4.78, 5) is 30.2. The van der Waals surface area contributed by atoms with Crippen LogP contribution < -0.4 is 10.6 Å². The van der Waals surface area contributed by atoms with Gasteiger partial charge in [0.1, 0.15) is 5.82 Å². The van der Waals surface area contributed by atoms with Crippen molar-refractivity contribution in [3.05, 3.63) is 54.1 Å².